The molecule has 0 aromatic heterocycles. The second-order valence-corrected chi connectivity index (χ2v) is 5.72. The molecule has 1 aliphatic carbocycles. The lowest BCUT2D eigenvalue weighted by molar-refractivity contribution is 0.134. The van der Waals surface area contributed by atoms with Crippen molar-refractivity contribution in [3.63, 3.8) is 0 Å². The molecule has 1 fully saturated rings. The van der Waals surface area contributed by atoms with Gasteiger partial charge in [0.15, 0.2) is 0 Å². The Labute approximate surface area is 99.1 Å². The molecule has 1 saturated carbocycles. The minimum atomic E-state index is 0.180. The van der Waals surface area contributed by atoms with Gasteiger partial charge in [0.2, 0.25) is 0 Å². The molecular weight excluding hydrogens is 200 g/mol. The van der Waals surface area contributed by atoms with E-state index in [0.717, 1.165) is 32.0 Å². The van der Waals surface area contributed by atoms with Crippen LogP contribution in [0, 0.1) is 22.7 Å². The molecular formula is C13H24N2O. The van der Waals surface area contributed by atoms with Gasteiger partial charge >= 0.3 is 0 Å². The van der Waals surface area contributed by atoms with Crippen molar-refractivity contribution in [1.82, 2.24) is 4.90 Å². The Hall–Kier alpha value is -0.590. The van der Waals surface area contributed by atoms with Crippen LogP contribution in [-0.2, 0) is 0 Å². The minimum Gasteiger partial charge on any atom is -0.395 e. The lowest BCUT2D eigenvalue weighted by Gasteiger charge is -2.32. The maximum Gasteiger partial charge on any atom is 0.0621 e. The highest BCUT2D eigenvalue weighted by Crippen LogP contribution is 2.31. The summed E-state index contributed by atoms with van der Waals surface area (Å²) < 4.78 is 0. The fourth-order valence-electron chi connectivity index (χ4n) is 2.12. The second kappa shape index (κ2) is 6.22. The predicted molar refractivity (Wildman–Crippen MR) is 64.9 cm³/mol. The topological polar surface area (TPSA) is 47.3 Å². The maximum absolute atomic E-state index is 9.05. The van der Waals surface area contributed by atoms with Gasteiger partial charge in [-0.2, -0.15) is 5.26 Å². The average Bonchev–Trinajstić information content (AvgIpc) is 2.98. The van der Waals surface area contributed by atoms with E-state index in [2.05, 4.69) is 24.8 Å². The van der Waals surface area contributed by atoms with Crippen molar-refractivity contribution in [1.29, 1.82) is 5.26 Å². The Bertz CT molecular complexity index is 241. The van der Waals surface area contributed by atoms with Crippen molar-refractivity contribution in [2.24, 2.45) is 11.3 Å². The average molecular weight is 224 g/mol. The zero-order chi connectivity index (χ0) is 12.0. The van der Waals surface area contributed by atoms with Crippen LogP contribution in [0.2, 0.25) is 0 Å². The number of nitriles is 1. The van der Waals surface area contributed by atoms with Crippen LogP contribution in [0.3, 0.4) is 0 Å². The van der Waals surface area contributed by atoms with E-state index >= 15 is 0 Å². The third-order valence-electron chi connectivity index (χ3n) is 3.19. The van der Waals surface area contributed by atoms with Crippen molar-refractivity contribution >= 4 is 0 Å². The third-order valence-corrected chi connectivity index (χ3v) is 3.19. The summed E-state index contributed by atoms with van der Waals surface area (Å²) in [6.45, 7) is 7.54. The van der Waals surface area contributed by atoms with Crippen LogP contribution >= 0.6 is 0 Å². The van der Waals surface area contributed by atoms with E-state index in [4.69, 9.17) is 10.4 Å². The molecule has 0 aromatic carbocycles. The number of hydrogen-bond acceptors (Lipinski definition) is 3. The number of aliphatic hydroxyl groups is 1. The van der Waals surface area contributed by atoms with Crippen molar-refractivity contribution in [3.05, 3.63) is 0 Å². The molecule has 1 N–H and O–H groups in total. The Morgan fingerprint density at radius 1 is 1.44 bits per heavy atom. The summed E-state index contributed by atoms with van der Waals surface area (Å²) in [6, 6.07) is 2.21. The Balaban J connectivity index is 2.35. The Morgan fingerprint density at radius 3 is 2.62 bits per heavy atom. The fourth-order valence-corrected chi connectivity index (χ4v) is 2.12. The molecule has 0 saturated heterocycles. The number of rotatable bonds is 8. The van der Waals surface area contributed by atoms with Gasteiger partial charge in [-0.1, -0.05) is 13.8 Å². The van der Waals surface area contributed by atoms with Gasteiger partial charge in [-0.15, -0.1) is 0 Å². The molecule has 0 radical (unpaired) electrons. The summed E-state index contributed by atoms with van der Waals surface area (Å²) in [6.07, 6.45) is 4.26. The van der Waals surface area contributed by atoms with Crippen molar-refractivity contribution in [2.45, 2.75) is 39.5 Å². The molecule has 0 atom stereocenters. The number of hydrogen-bond donors (Lipinski definition) is 1. The van der Waals surface area contributed by atoms with E-state index in [9.17, 15) is 0 Å². The van der Waals surface area contributed by atoms with Crippen LogP contribution in [0.4, 0.5) is 0 Å². The van der Waals surface area contributed by atoms with E-state index in [1.54, 1.807) is 0 Å². The quantitative estimate of drug-likeness (QED) is 0.686. The maximum atomic E-state index is 9.05. The minimum absolute atomic E-state index is 0.180. The predicted octanol–water partition coefficient (Wildman–Crippen LogP) is 2.02. The van der Waals surface area contributed by atoms with Crippen molar-refractivity contribution in [3.8, 4) is 6.07 Å². The highest BCUT2D eigenvalue weighted by molar-refractivity contribution is 4.83. The summed E-state index contributed by atoms with van der Waals surface area (Å²) in [5.41, 5.74) is 0.180. The van der Waals surface area contributed by atoms with E-state index in [-0.39, 0.29) is 12.0 Å². The highest BCUT2D eigenvalue weighted by atomic mass is 16.3. The van der Waals surface area contributed by atoms with Gasteiger partial charge in [0.25, 0.3) is 0 Å². The highest BCUT2D eigenvalue weighted by Gasteiger charge is 2.27. The molecule has 0 heterocycles. The molecule has 0 bridgehead atoms. The number of nitrogens with zero attached hydrogens (tertiary/aromatic N) is 2. The monoisotopic (exact) mass is 224 g/mol. The first-order valence-corrected chi connectivity index (χ1v) is 6.27. The van der Waals surface area contributed by atoms with Crippen LogP contribution in [0.25, 0.3) is 0 Å². The summed E-state index contributed by atoms with van der Waals surface area (Å²) in [4.78, 5) is 2.36. The van der Waals surface area contributed by atoms with Gasteiger partial charge in [0, 0.05) is 26.1 Å². The number of aliphatic hydroxyl groups excluding tert-OH is 1. The van der Waals surface area contributed by atoms with E-state index in [1.165, 1.54) is 12.8 Å². The first kappa shape index (κ1) is 13.5. The van der Waals surface area contributed by atoms with Crippen molar-refractivity contribution < 1.29 is 5.11 Å². The van der Waals surface area contributed by atoms with Crippen LogP contribution in [-0.4, -0.2) is 36.2 Å². The van der Waals surface area contributed by atoms with Gasteiger partial charge < -0.3 is 10.0 Å². The first-order valence-electron chi connectivity index (χ1n) is 6.27. The van der Waals surface area contributed by atoms with Gasteiger partial charge in [-0.3, -0.25) is 0 Å². The molecule has 0 unspecified atom stereocenters. The zero-order valence-corrected chi connectivity index (χ0v) is 10.6. The SMILES string of the molecule is CC(C)(CCC#N)CN(CCO)CC1CC1. The van der Waals surface area contributed by atoms with E-state index < -0.39 is 0 Å². The molecule has 3 heteroatoms. The fraction of sp³-hybridized carbons (Fsp3) is 0.923. The summed E-state index contributed by atoms with van der Waals surface area (Å²) in [5.74, 6) is 0.860. The van der Waals surface area contributed by atoms with E-state index in [0.29, 0.717) is 6.42 Å². The summed E-state index contributed by atoms with van der Waals surface area (Å²) in [5, 5.41) is 17.7. The van der Waals surface area contributed by atoms with Crippen LogP contribution in [0.15, 0.2) is 0 Å². The lowest BCUT2D eigenvalue weighted by atomic mass is 9.87. The molecule has 1 rings (SSSR count). The summed E-state index contributed by atoms with van der Waals surface area (Å²) >= 11 is 0. The van der Waals surface area contributed by atoms with Crippen LogP contribution in [0.5, 0.6) is 0 Å². The Morgan fingerprint density at radius 2 is 2.12 bits per heavy atom. The van der Waals surface area contributed by atoms with Gasteiger partial charge in [-0.25, -0.2) is 0 Å². The van der Waals surface area contributed by atoms with Gasteiger partial charge in [0.05, 0.1) is 12.7 Å². The Kier molecular flexibility index (Phi) is 5.24. The zero-order valence-electron chi connectivity index (χ0n) is 10.6. The molecule has 0 aliphatic heterocycles. The van der Waals surface area contributed by atoms with Crippen LogP contribution < -0.4 is 0 Å². The molecule has 0 spiro atoms. The molecule has 92 valence electrons. The van der Waals surface area contributed by atoms with Gasteiger partial charge in [-0.05, 0) is 30.6 Å². The molecule has 0 amide bonds. The second-order valence-electron chi connectivity index (χ2n) is 5.72. The molecule has 16 heavy (non-hydrogen) atoms. The summed E-state index contributed by atoms with van der Waals surface area (Å²) in [7, 11) is 0. The standard InChI is InChI=1S/C13H24N2O/c1-13(2,6-3-7-14)11-15(8-9-16)10-12-4-5-12/h12,16H,3-6,8-11H2,1-2H3. The largest absolute Gasteiger partial charge is 0.395 e. The van der Waals surface area contributed by atoms with Crippen LogP contribution in [0.1, 0.15) is 39.5 Å². The molecule has 1 aliphatic rings. The van der Waals surface area contributed by atoms with Crippen molar-refractivity contribution in [2.75, 3.05) is 26.2 Å². The third kappa shape index (κ3) is 5.48. The molecule has 0 aromatic rings. The lowest BCUT2D eigenvalue weighted by Crippen LogP contribution is -2.37. The van der Waals surface area contributed by atoms with Gasteiger partial charge in [0.1, 0.15) is 0 Å². The normalized spacial score (nSPS) is 16.4. The van der Waals surface area contributed by atoms with E-state index in [1.807, 2.05) is 0 Å². The molecule has 3 nitrogen and oxygen atoms in total. The first-order chi connectivity index (χ1) is 7.57. The smallest absolute Gasteiger partial charge is 0.0621 e.